The Hall–Kier alpha value is -2.21. The molecule has 0 saturated carbocycles. The molecule has 0 radical (unpaired) electrons. The summed E-state index contributed by atoms with van der Waals surface area (Å²) in [5.41, 5.74) is 1.68. The molecule has 2 heterocycles. The highest BCUT2D eigenvalue weighted by atomic mass is 32.1. The van der Waals surface area contributed by atoms with Crippen molar-refractivity contribution >= 4 is 33.3 Å². The minimum atomic E-state index is -0.149. The van der Waals surface area contributed by atoms with Crippen molar-refractivity contribution in [2.75, 3.05) is 5.32 Å². The third-order valence-corrected chi connectivity index (χ3v) is 4.30. The molecule has 1 aromatic carbocycles. The Morgan fingerprint density at radius 2 is 2.14 bits per heavy atom. The van der Waals surface area contributed by atoms with Crippen LogP contribution in [0.4, 0.5) is 5.13 Å². The van der Waals surface area contributed by atoms with Crippen LogP contribution in [0.3, 0.4) is 0 Å². The minimum absolute atomic E-state index is 0.149. The van der Waals surface area contributed by atoms with Crippen LogP contribution in [0.1, 0.15) is 29.2 Å². The second-order valence-electron chi connectivity index (χ2n) is 5.72. The summed E-state index contributed by atoms with van der Waals surface area (Å²) in [6.07, 6.45) is 2.83. The predicted molar refractivity (Wildman–Crippen MR) is 89.3 cm³/mol. The molecule has 2 aromatic heterocycles. The maximum atomic E-state index is 12.5. The summed E-state index contributed by atoms with van der Waals surface area (Å²) in [7, 11) is 1.97. The lowest BCUT2D eigenvalue weighted by Crippen LogP contribution is -2.12. The molecule has 3 rings (SSSR count). The van der Waals surface area contributed by atoms with Crippen LogP contribution < -0.4 is 5.32 Å². The monoisotopic (exact) mass is 314 g/mol. The van der Waals surface area contributed by atoms with Gasteiger partial charge in [0, 0.05) is 36.1 Å². The van der Waals surface area contributed by atoms with Crippen LogP contribution >= 0.6 is 11.3 Å². The molecular weight excluding hydrogens is 296 g/mol. The first-order chi connectivity index (χ1) is 10.5. The molecule has 0 aliphatic carbocycles. The summed E-state index contributed by atoms with van der Waals surface area (Å²) in [5, 5.41) is 13.5. The molecule has 0 fully saturated rings. The topological polar surface area (TPSA) is 59.8 Å². The minimum Gasteiger partial charge on any atom is -0.351 e. The van der Waals surface area contributed by atoms with E-state index in [1.807, 2.05) is 42.1 Å². The quantitative estimate of drug-likeness (QED) is 0.802. The predicted octanol–water partition coefficient (Wildman–Crippen LogP) is 3.48. The number of nitrogens with one attached hydrogen (secondary N) is 1. The van der Waals surface area contributed by atoms with Gasteiger partial charge in [-0.25, -0.2) is 0 Å². The molecule has 0 aliphatic rings. The van der Waals surface area contributed by atoms with E-state index < -0.39 is 0 Å². The summed E-state index contributed by atoms with van der Waals surface area (Å²) < 4.78 is 2.00. The number of anilines is 1. The van der Waals surface area contributed by atoms with E-state index in [9.17, 15) is 4.79 Å². The second kappa shape index (κ2) is 5.88. The summed E-state index contributed by atoms with van der Waals surface area (Å²) in [5.74, 6) is 0.374. The number of amides is 1. The molecule has 0 saturated heterocycles. The maximum absolute atomic E-state index is 12.5. The van der Waals surface area contributed by atoms with Crippen molar-refractivity contribution in [3.63, 3.8) is 0 Å². The number of aryl methyl sites for hydroxylation is 1. The fraction of sp³-hybridized carbons (Fsp3) is 0.312. The van der Waals surface area contributed by atoms with E-state index in [0.717, 1.165) is 22.3 Å². The first kappa shape index (κ1) is 14.7. The molecule has 1 N–H and O–H groups in total. The Morgan fingerprint density at radius 1 is 1.32 bits per heavy atom. The van der Waals surface area contributed by atoms with Gasteiger partial charge in [0.1, 0.15) is 5.01 Å². The lowest BCUT2D eigenvalue weighted by molar-refractivity contribution is 0.102. The summed E-state index contributed by atoms with van der Waals surface area (Å²) in [6, 6.07) is 7.67. The third-order valence-electron chi connectivity index (χ3n) is 3.44. The molecular formula is C16H18N4OS. The molecule has 1 amide bonds. The SMILES string of the molecule is CC(C)Cc1nnc(NC(=O)c2cccc3c2ccn3C)s1. The second-order valence-corrected chi connectivity index (χ2v) is 6.78. The van der Waals surface area contributed by atoms with Gasteiger partial charge in [0.2, 0.25) is 5.13 Å². The number of nitrogens with zero attached hydrogens (tertiary/aromatic N) is 3. The molecule has 0 aliphatic heterocycles. The molecule has 5 nitrogen and oxygen atoms in total. The Labute approximate surface area is 133 Å². The van der Waals surface area contributed by atoms with E-state index in [1.54, 1.807) is 0 Å². The number of aromatic nitrogens is 3. The van der Waals surface area contributed by atoms with Gasteiger partial charge in [-0.15, -0.1) is 10.2 Å². The van der Waals surface area contributed by atoms with Gasteiger partial charge in [-0.05, 0) is 24.1 Å². The highest BCUT2D eigenvalue weighted by Crippen LogP contribution is 2.22. The summed E-state index contributed by atoms with van der Waals surface area (Å²) >= 11 is 1.44. The smallest absolute Gasteiger partial charge is 0.258 e. The molecule has 0 bridgehead atoms. The largest absolute Gasteiger partial charge is 0.351 e. The van der Waals surface area contributed by atoms with Gasteiger partial charge in [-0.2, -0.15) is 0 Å². The van der Waals surface area contributed by atoms with Gasteiger partial charge in [-0.3, -0.25) is 10.1 Å². The van der Waals surface area contributed by atoms with Gasteiger partial charge < -0.3 is 4.57 Å². The number of rotatable bonds is 4. The molecule has 0 spiro atoms. The van der Waals surface area contributed by atoms with E-state index in [2.05, 4.69) is 29.4 Å². The lowest BCUT2D eigenvalue weighted by Gasteiger charge is -2.04. The lowest BCUT2D eigenvalue weighted by atomic mass is 10.1. The molecule has 114 valence electrons. The van der Waals surface area contributed by atoms with E-state index in [1.165, 1.54) is 11.3 Å². The van der Waals surface area contributed by atoms with Crippen molar-refractivity contribution in [3.05, 3.63) is 41.0 Å². The van der Waals surface area contributed by atoms with Crippen molar-refractivity contribution < 1.29 is 4.79 Å². The maximum Gasteiger partial charge on any atom is 0.258 e. The fourth-order valence-corrected chi connectivity index (χ4v) is 3.35. The zero-order valence-corrected chi connectivity index (χ0v) is 13.6. The standard InChI is InChI=1S/C16H18N4OS/c1-10(2)9-14-18-19-16(22-14)17-15(21)12-5-4-6-13-11(12)7-8-20(13)3/h4-8,10H,9H2,1-3H3,(H,17,19,21). The van der Waals surface area contributed by atoms with Crippen LogP contribution in [-0.4, -0.2) is 20.7 Å². The highest BCUT2D eigenvalue weighted by molar-refractivity contribution is 7.15. The van der Waals surface area contributed by atoms with Crippen LogP contribution in [0, 0.1) is 5.92 Å². The molecule has 6 heteroatoms. The summed E-state index contributed by atoms with van der Waals surface area (Å²) in [4.78, 5) is 12.5. The first-order valence-corrected chi connectivity index (χ1v) is 8.04. The van der Waals surface area contributed by atoms with Gasteiger partial charge in [-0.1, -0.05) is 31.3 Å². The Kier molecular flexibility index (Phi) is 3.94. The number of carbonyl (C=O) groups is 1. The van der Waals surface area contributed by atoms with E-state index in [4.69, 9.17) is 0 Å². The number of hydrogen-bond donors (Lipinski definition) is 1. The van der Waals surface area contributed by atoms with Crippen LogP contribution in [0.15, 0.2) is 30.5 Å². The number of carbonyl (C=O) groups excluding carboxylic acids is 1. The zero-order valence-electron chi connectivity index (χ0n) is 12.8. The molecule has 3 aromatic rings. The van der Waals surface area contributed by atoms with Crippen molar-refractivity contribution in [1.82, 2.24) is 14.8 Å². The fourth-order valence-electron chi connectivity index (χ4n) is 2.40. The Balaban J connectivity index is 1.83. The normalized spacial score (nSPS) is 11.3. The van der Waals surface area contributed by atoms with Crippen molar-refractivity contribution in [1.29, 1.82) is 0 Å². The molecule has 0 unspecified atom stereocenters. The average Bonchev–Trinajstić information content (AvgIpc) is 3.05. The highest BCUT2D eigenvalue weighted by Gasteiger charge is 2.14. The van der Waals surface area contributed by atoms with Crippen molar-refractivity contribution in [2.24, 2.45) is 13.0 Å². The van der Waals surface area contributed by atoms with Gasteiger partial charge in [0.05, 0.1) is 0 Å². The van der Waals surface area contributed by atoms with Crippen molar-refractivity contribution in [3.8, 4) is 0 Å². The zero-order chi connectivity index (χ0) is 15.7. The van der Waals surface area contributed by atoms with Gasteiger partial charge >= 0.3 is 0 Å². The number of hydrogen-bond acceptors (Lipinski definition) is 4. The first-order valence-electron chi connectivity index (χ1n) is 7.22. The van der Waals surface area contributed by atoms with Crippen LogP contribution in [-0.2, 0) is 13.5 Å². The summed E-state index contributed by atoms with van der Waals surface area (Å²) in [6.45, 7) is 4.27. The van der Waals surface area contributed by atoms with E-state index in [0.29, 0.717) is 16.6 Å². The number of benzene rings is 1. The average molecular weight is 314 g/mol. The molecule has 0 atom stereocenters. The Morgan fingerprint density at radius 3 is 2.91 bits per heavy atom. The van der Waals surface area contributed by atoms with Crippen LogP contribution in [0.5, 0.6) is 0 Å². The third kappa shape index (κ3) is 2.87. The Bertz CT molecular complexity index is 819. The molecule has 22 heavy (non-hydrogen) atoms. The van der Waals surface area contributed by atoms with Gasteiger partial charge in [0.25, 0.3) is 5.91 Å². The number of fused-ring (bicyclic) bond motifs is 1. The van der Waals surface area contributed by atoms with E-state index >= 15 is 0 Å². The van der Waals surface area contributed by atoms with Gasteiger partial charge in [0.15, 0.2) is 0 Å². The van der Waals surface area contributed by atoms with Crippen molar-refractivity contribution in [2.45, 2.75) is 20.3 Å². The van der Waals surface area contributed by atoms with Crippen LogP contribution in [0.2, 0.25) is 0 Å². The van der Waals surface area contributed by atoms with Crippen LogP contribution in [0.25, 0.3) is 10.9 Å². The van der Waals surface area contributed by atoms with E-state index in [-0.39, 0.29) is 5.91 Å².